The molecule has 0 fully saturated rings. The van der Waals surface area contributed by atoms with Gasteiger partial charge in [-0.2, -0.15) is 0 Å². The molecule has 0 saturated heterocycles. The highest BCUT2D eigenvalue weighted by atomic mass is 16.5. The van der Waals surface area contributed by atoms with Crippen LogP contribution in [-0.4, -0.2) is 37.1 Å². The van der Waals surface area contributed by atoms with E-state index in [2.05, 4.69) is 13.8 Å². The number of hydrogen-bond donors (Lipinski definition) is 0. The number of esters is 4. The molecule has 6 aromatic carbocycles. The molecule has 0 aromatic heterocycles. The Morgan fingerprint density at radius 1 is 0.269 bits per heavy atom. The Bertz CT molecular complexity index is 2660. The second-order valence-corrected chi connectivity index (χ2v) is 20.2. The van der Waals surface area contributed by atoms with Gasteiger partial charge >= 0.3 is 23.9 Å². The summed E-state index contributed by atoms with van der Waals surface area (Å²) in [7, 11) is 0. The van der Waals surface area contributed by atoms with E-state index in [0.29, 0.717) is 58.8 Å². The molecule has 6 aromatic rings. The molecule has 0 atom stereocenters. The molecule has 0 N–H and O–H groups in total. The smallest absolute Gasteiger partial charge is 0.343 e. The van der Waals surface area contributed by atoms with Gasteiger partial charge in [0, 0.05) is 0 Å². The molecule has 0 bridgehead atoms. The van der Waals surface area contributed by atoms with Crippen LogP contribution < -0.4 is 28.4 Å². The van der Waals surface area contributed by atoms with Crippen molar-refractivity contribution in [1.82, 2.24) is 0 Å². The Hall–Kier alpha value is -7.20. The van der Waals surface area contributed by atoms with Crippen molar-refractivity contribution in [2.24, 2.45) is 0 Å². The quantitative estimate of drug-likeness (QED) is 0.0212. The maximum Gasteiger partial charge on any atom is 0.343 e. The number of hydrogen-bond acceptors (Lipinski definition) is 10. The van der Waals surface area contributed by atoms with E-state index in [-0.39, 0.29) is 11.1 Å². The summed E-state index contributed by atoms with van der Waals surface area (Å²) < 4.78 is 34.3. The highest BCUT2D eigenvalue weighted by Crippen LogP contribution is 2.28. The minimum absolute atomic E-state index is 0.280. The van der Waals surface area contributed by atoms with Crippen molar-refractivity contribution in [3.8, 4) is 45.6 Å². The molecule has 0 spiro atoms. The van der Waals surface area contributed by atoms with E-state index in [4.69, 9.17) is 28.4 Å². The minimum Gasteiger partial charge on any atom is -0.494 e. The fourth-order valence-corrected chi connectivity index (χ4v) is 9.08. The Labute approximate surface area is 464 Å². The van der Waals surface area contributed by atoms with Gasteiger partial charge in [0.25, 0.3) is 0 Å². The van der Waals surface area contributed by atoms with Crippen LogP contribution in [0.1, 0.15) is 209 Å². The third-order valence-corrected chi connectivity index (χ3v) is 13.8. The zero-order valence-electron chi connectivity index (χ0n) is 46.3. The second kappa shape index (κ2) is 35.3. The standard InChI is InChI=1S/C68H82O10/c1-3-5-7-9-11-13-15-16-17-18-20-22-24-26-51-74-60-40-32-54(33-41-60)65(69)76-62-46-36-56(37-47-62)67(71)75-61-44-30-53(31-45-61)58-28-27-29-64(52-58)78-68(72)57-38-48-63(49-39-57)77-66(70)55-34-42-59(43-35-55)73-50-25-23-21-19-14-12-10-8-6-4-2/h27-49,52H,3-26,50-51H2,1-2H3. The summed E-state index contributed by atoms with van der Waals surface area (Å²) in [6, 6.07) is 40.2. The summed E-state index contributed by atoms with van der Waals surface area (Å²) in [5.41, 5.74) is 2.92. The maximum absolute atomic E-state index is 13.1. The number of carbonyl (C=O) groups excluding carboxylic acids is 4. The van der Waals surface area contributed by atoms with E-state index in [0.717, 1.165) is 36.8 Å². The number of carbonyl (C=O) groups is 4. The van der Waals surface area contributed by atoms with Crippen LogP contribution in [0, 0.1) is 0 Å². The van der Waals surface area contributed by atoms with Gasteiger partial charge in [-0.15, -0.1) is 0 Å². The molecule has 0 saturated carbocycles. The van der Waals surface area contributed by atoms with Crippen molar-refractivity contribution in [1.29, 1.82) is 0 Å². The Morgan fingerprint density at radius 2 is 0.538 bits per heavy atom. The second-order valence-electron chi connectivity index (χ2n) is 20.2. The molecule has 10 heteroatoms. The van der Waals surface area contributed by atoms with E-state index in [1.807, 2.05) is 6.07 Å². The first-order valence-corrected chi connectivity index (χ1v) is 29.0. The number of benzene rings is 6. The zero-order chi connectivity index (χ0) is 54.8. The van der Waals surface area contributed by atoms with Crippen LogP contribution in [0.5, 0.6) is 34.5 Å². The van der Waals surface area contributed by atoms with Crippen molar-refractivity contribution < 1.29 is 47.6 Å². The molecule has 0 aliphatic rings. The summed E-state index contributed by atoms with van der Waals surface area (Å²) in [5.74, 6) is 0.494. The summed E-state index contributed by atoms with van der Waals surface area (Å²) in [6.45, 7) is 5.80. The third kappa shape index (κ3) is 22.4. The van der Waals surface area contributed by atoms with Gasteiger partial charge in [0.15, 0.2) is 0 Å². The highest BCUT2D eigenvalue weighted by molar-refractivity contribution is 5.94. The van der Waals surface area contributed by atoms with Gasteiger partial charge in [0.05, 0.1) is 35.5 Å². The fraction of sp³-hybridized carbons (Fsp3) is 0.412. The van der Waals surface area contributed by atoms with Gasteiger partial charge in [0.2, 0.25) is 0 Å². The summed E-state index contributed by atoms with van der Waals surface area (Å²) in [6.07, 6.45) is 31.0. The number of rotatable bonds is 37. The van der Waals surface area contributed by atoms with E-state index in [9.17, 15) is 19.2 Å². The molecule has 0 radical (unpaired) electrons. The SMILES string of the molecule is CCCCCCCCCCCCCCCCOc1ccc(C(=O)Oc2ccc(C(=O)Oc3ccc(-c4cccc(OC(=O)c5ccc(OC(=O)c6ccc(OCCCCCCCCCCCC)cc6)cc5)c4)cc3)cc2)cc1. The van der Waals surface area contributed by atoms with Crippen LogP contribution in [0.25, 0.3) is 11.1 Å². The average Bonchev–Trinajstić information content (AvgIpc) is 3.48. The molecule has 0 amide bonds. The van der Waals surface area contributed by atoms with Gasteiger partial charge in [0.1, 0.15) is 34.5 Å². The van der Waals surface area contributed by atoms with Crippen LogP contribution in [0.3, 0.4) is 0 Å². The van der Waals surface area contributed by atoms with Crippen LogP contribution in [0.4, 0.5) is 0 Å². The lowest BCUT2D eigenvalue weighted by molar-refractivity contribution is 0.0720. The summed E-state index contributed by atoms with van der Waals surface area (Å²) in [5, 5.41) is 0. The lowest BCUT2D eigenvalue weighted by Crippen LogP contribution is -2.10. The van der Waals surface area contributed by atoms with Crippen molar-refractivity contribution in [3.05, 3.63) is 168 Å². The van der Waals surface area contributed by atoms with Gasteiger partial charge < -0.3 is 28.4 Å². The van der Waals surface area contributed by atoms with E-state index >= 15 is 0 Å². The molecule has 0 heterocycles. The maximum atomic E-state index is 13.1. The first kappa shape index (κ1) is 60.0. The first-order chi connectivity index (χ1) is 38.3. The first-order valence-electron chi connectivity index (χ1n) is 29.0. The van der Waals surface area contributed by atoms with Crippen LogP contribution in [0.2, 0.25) is 0 Å². The molecular weight excluding hydrogens is 977 g/mol. The fourth-order valence-electron chi connectivity index (χ4n) is 9.08. The molecule has 6 rings (SSSR count). The molecule has 414 valence electrons. The monoisotopic (exact) mass is 1060 g/mol. The van der Waals surface area contributed by atoms with E-state index in [1.54, 1.807) is 140 Å². The lowest BCUT2D eigenvalue weighted by atomic mass is 10.0. The van der Waals surface area contributed by atoms with Crippen LogP contribution >= 0.6 is 0 Å². The zero-order valence-corrected chi connectivity index (χ0v) is 46.3. The van der Waals surface area contributed by atoms with Crippen molar-refractivity contribution in [2.45, 2.75) is 168 Å². The molecule has 10 nitrogen and oxygen atoms in total. The molecule has 0 aliphatic heterocycles. The molecule has 78 heavy (non-hydrogen) atoms. The highest BCUT2D eigenvalue weighted by Gasteiger charge is 2.15. The predicted molar refractivity (Wildman–Crippen MR) is 311 cm³/mol. The van der Waals surface area contributed by atoms with Gasteiger partial charge in [-0.25, -0.2) is 19.2 Å². The Balaban J connectivity index is 0.848. The van der Waals surface area contributed by atoms with Gasteiger partial charge in [-0.05, 0) is 145 Å². The Kier molecular flexibility index (Phi) is 27.1. The third-order valence-electron chi connectivity index (χ3n) is 13.8. The largest absolute Gasteiger partial charge is 0.494 e. The van der Waals surface area contributed by atoms with Crippen molar-refractivity contribution >= 4 is 23.9 Å². The molecule has 0 aliphatic carbocycles. The van der Waals surface area contributed by atoms with Crippen LogP contribution in [0.15, 0.2) is 146 Å². The van der Waals surface area contributed by atoms with Gasteiger partial charge in [-0.1, -0.05) is 179 Å². The predicted octanol–water partition coefficient (Wildman–Crippen LogP) is 18.4. The summed E-state index contributed by atoms with van der Waals surface area (Å²) >= 11 is 0. The normalized spacial score (nSPS) is 10.9. The Morgan fingerprint density at radius 3 is 0.859 bits per heavy atom. The topological polar surface area (TPSA) is 124 Å². The lowest BCUT2D eigenvalue weighted by Gasteiger charge is -2.10. The average molecular weight is 1060 g/mol. The minimum atomic E-state index is -0.576. The summed E-state index contributed by atoms with van der Waals surface area (Å²) in [4.78, 5) is 51.9. The van der Waals surface area contributed by atoms with E-state index < -0.39 is 23.9 Å². The van der Waals surface area contributed by atoms with Crippen LogP contribution in [-0.2, 0) is 0 Å². The van der Waals surface area contributed by atoms with E-state index in [1.165, 1.54) is 128 Å². The van der Waals surface area contributed by atoms with Crippen molar-refractivity contribution in [3.63, 3.8) is 0 Å². The number of ether oxygens (including phenoxy) is 6. The van der Waals surface area contributed by atoms with Crippen molar-refractivity contribution in [2.75, 3.05) is 13.2 Å². The van der Waals surface area contributed by atoms with Gasteiger partial charge in [-0.3, -0.25) is 0 Å². The number of unbranched alkanes of at least 4 members (excludes halogenated alkanes) is 22. The molecular formula is C68H82O10. The molecule has 0 unspecified atom stereocenters.